The lowest BCUT2D eigenvalue weighted by Crippen LogP contribution is -2.30. The maximum Gasteiger partial charge on any atom is 0.296 e. The fourth-order valence-corrected chi connectivity index (χ4v) is 5.56. The summed E-state index contributed by atoms with van der Waals surface area (Å²) < 4.78 is 0.859. The van der Waals surface area contributed by atoms with E-state index in [9.17, 15) is 24.8 Å². The van der Waals surface area contributed by atoms with Crippen LogP contribution in [0.15, 0.2) is 71.3 Å². The number of benzene rings is 2. The fourth-order valence-electron chi connectivity index (χ4n) is 3.79. The molecule has 33 heavy (non-hydrogen) atoms. The summed E-state index contributed by atoms with van der Waals surface area (Å²) in [6.45, 7) is 1.95. The third kappa shape index (κ3) is 3.49. The van der Waals surface area contributed by atoms with Crippen molar-refractivity contribution in [2.45, 2.75) is 13.0 Å². The van der Waals surface area contributed by atoms with E-state index in [0.717, 1.165) is 10.3 Å². The number of amides is 1. The highest BCUT2D eigenvalue weighted by molar-refractivity contribution is 7.22. The van der Waals surface area contributed by atoms with Crippen LogP contribution >= 0.6 is 22.7 Å². The topological polar surface area (TPSA) is 114 Å². The van der Waals surface area contributed by atoms with Gasteiger partial charge in [0.1, 0.15) is 0 Å². The molecule has 1 amide bonds. The van der Waals surface area contributed by atoms with E-state index in [2.05, 4.69) is 4.98 Å². The van der Waals surface area contributed by atoms with Gasteiger partial charge in [-0.05, 0) is 53.8 Å². The van der Waals surface area contributed by atoms with Crippen LogP contribution in [0.1, 0.15) is 26.8 Å². The van der Waals surface area contributed by atoms with Gasteiger partial charge in [0.15, 0.2) is 10.9 Å². The first-order valence-corrected chi connectivity index (χ1v) is 11.5. The molecule has 8 nitrogen and oxygen atoms in total. The van der Waals surface area contributed by atoms with Gasteiger partial charge in [-0.1, -0.05) is 23.5 Å². The van der Waals surface area contributed by atoms with Gasteiger partial charge in [0.25, 0.3) is 11.6 Å². The lowest BCUT2D eigenvalue weighted by Gasteiger charge is -2.24. The molecule has 0 aliphatic carbocycles. The van der Waals surface area contributed by atoms with Crippen LogP contribution in [0.25, 0.3) is 10.2 Å². The molecule has 1 atom stereocenters. The van der Waals surface area contributed by atoms with Crippen LogP contribution in [0.3, 0.4) is 0 Å². The average molecular weight is 478 g/mol. The predicted molar refractivity (Wildman–Crippen MR) is 126 cm³/mol. The maximum absolute atomic E-state index is 13.3. The summed E-state index contributed by atoms with van der Waals surface area (Å²) in [6.07, 6.45) is 0. The highest BCUT2D eigenvalue weighted by atomic mass is 32.1. The molecule has 0 saturated carbocycles. The van der Waals surface area contributed by atoms with Crippen molar-refractivity contribution in [1.82, 2.24) is 4.98 Å². The summed E-state index contributed by atoms with van der Waals surface area (Å²) >= 11 is 2.47. The fraction of sp³-hybridized carbons (Fsp3) is 0.0870. The number of nitro benzene ring substituents is 1. The second kappa shape index (κ2) is 7.91. The van der Waals surface area contributed by atoms with E-state index in [1.54, 1.807) is 17.5 Å². The molecule has 4 aromatic rings. The number of hydrogen-bond donors (Lipinski definition) is 1. The zero-order valence-corrected chi connectivity index (χ0v) is 18.7. The molecule has 10 heteroatoms. The Morgan fingerprint density at radius 1 is 1.18 bits per heavy atom. The number of fused-ring (bicyclic) bond motifs is 1. The number of carbonyl (C=O) groups is 2. The van der Waals surface area contributed by atoms with Crippen molar-refractivity contribution >= 4 is 55.4 Å². The molecule has 1 aliphatic heterocycles. The van der Waals surface area contributed by atoms with Gasteiger partial charge < -0.3 is 5.11 Å². The molecule has 2 aromatic heterocycles. The summed E-state index contributed by atoms with van der Waals surface area (Å²) in [4.78, 5) is 43.3. The summed E-state index contributed by atoms with van der Waals surface area (Å²) in [5.41, 5.74) is 1.98. The standard InChI is InChI=1S/C23H15N3O5S2/c1-12-4-9-15-17(11-12)33-23(24-15)25-19(13-5-7-14(8-6-13)26(30)31)18(21(28)22(25)29)20(27)16-3-2-10-32-16/h2-11,19,28H,1H3. The number of hydrogen-bond acceptors (Lipinski definition) is 8. The normalized spacial score (nSPS) is 16.1. The number of aryl methyl sites for hydroxylation is 1. The minimum Gasteiger partial charge on any atom is -0.503 e. The average Bonchev–Trinajstić information content (AvgIpc) is 3.52. The van der Waals surface area contributed by atoms with Crippen molar-refractivity contribution in [3.63, 3.8) is 0 Å². The van der Waals surface area contributed by atoms with Crippen molar-refractivity contribution in [3.05, 3.63) is 97.4 Å². The van der Waals surface area contributed by atoms with Crippen molar-refractivity contribution in [1.29, 1.82) is 0 Å². The molecule has 1 N–H and O–H groups in total. The van der Waals surface area contributed by atoms with Crippen molar-refractivity contribution in [3.8, 4) is 0 Å². The monoisotopic (exact) mass is 477 g/mol. The Morgan fingerprint density at radius 3 is 2.61 bits per heavy atom. The Kier molecular flexibility index (Phi) is 5.03. The Labute approximate surface area is 195 Å². The quantitative estimate of drug-likeness (QED) is 0.235. The molecular weight excluding hydrogens is 462 g/mol. The van der Waals surface area contributed by atoms with Gasteiger partial charge in [0.05, 0.1) is 31.6 Å². The van der Waals surface area contributed by atoms with Gasteiger partial charge in [-0.2, -0.15) is 0 Å². The van der Waals surface area contributed by atoms with Gasteiger partial charge in [0.2, 0.25) is 5.78 Å². The highest BCUT2D eigenvalue weighted by Gasteiger charge is 2.46. The lowest BCUT2D eigenvalue weighted by molar-refractivity contribution is -0.384. The third-order valence-electron chi connectivity index (χ3n) is 5.36. The Balaban J connectivity index is 1.67. The largest absolute Gasteiger partial charge is 0.503 e. The van der Waals surface area contributed by atoms with Crippen molar-refractivity contribution < 1.29 is 19.6 Å². The molecule has 5 rings (SSSR count). The number of rotatable bonds is 5. The molecule has 0 bridgehead atoms. The molecule has 0 fully saturated rings. The van der Waals surface area contributed by atoms with Crippen molar-refractivity contribution in [2.75, 3.05) is 4.90 Å². The van der Waals surface area contributed by atoms with Crippen molar-refractivity contribution in [2.24, 2.45) is 0 Å². The molecular formula is C23H15N3O5S2. The van der Waals surface area contributed by atoms with Crippen LogP contribution in [0.5, 0.6) is 0 Å². The Morgan fingerprint density at radius 2 is 1.94 bits per heavy atom. The minimum absolute atomic E-state index is 0.0771. The lowest BCUT2D eigenvalue weighted by atomic mass is 9.95. The molecule has 164 valence electrons. The summed E-state index contributed by atoms with van der Waals surface area (Å²) in [7, 11) is 0. The van der Waals surface area contributed by atoms with Gasteiger partial charge in [0, 0.05) is 12.1 Å². The number of aromatic nitrogens is 1. The van der Waals surface area contributed by atoms with E-state index in [0.29, 0.717) is 21.1 Å². The highest BCUT2D eigenvalue weighted by Crippen LogP contribution is 2.44. The van der Waals surface area contributed by atoms with Crippen LogP contribution in [0, 0.1) is 17.0 Å². The van der Waals surface area contributed by atoms with Gasteiger partial charge in [-0.25, -0.2) is 4.98 Å². The second-order valence-electron chi connectivity index (χ2n) is 7.46. The van der Waals surface area contributed by atoms with E-state index in [-0.39, 0.29) is 11.3 Å². The predicted octanol–water partition coefficient (Wildman–Crippen LogP) is 5.36. The minimum atomic E-state index is -0.977. The first-order chi connectivity index (χ1) is 15.8. The third-order valence-corrected chi connectivity index (χ3v) is 7.24. The van der Waals surface area contributed by atoms with E-state index in [4.69, 9.17) is 0 Å². The number of non-ortho nitro benzene ring substituents is 1. The van der Waals surface area contributed by atoms with E-state index < -0.39 is 28.4 Å². The molecule has 3 heterocycles. The van der Waals surface area contributed by atoms with Crippen LogP contribution in [-0.4, -0.2) is 26.7 Å². The van der Waals surface area contributed by atoms with Gasteiger partial charge >= 0.3 is 0 Å². The summed E-state index contributed by atoms with van der Waals surface area (Å²) in [6, 6.07) is 13.6. The molecule has 0 spiro atoms. The molecule has 1 aliphatic rings. The molecule has 0 saturated heterocycles. The van der Waals surface area contributed by atoms with Crippen LogP contribution in [0.2, 0.25) is 0 Å². The van der Waals surface area contributed by atoms with Crippen LogP contribution in [0.4, 0.5) is 10.8 Å². The number of carbonyl (C=O) groups excluding carboxylic acids is 2. The van der Waals surface area contributed by atoms with Crippen LogP contribution < -0.4 is 4.90 Å². The number of nitrogens with zero attached hydrogens (tertiary/aromatic N) is 3. The first-order valence-electron chi connectivity index (χ1n) is 9.81. The number of ketones is 1. The molecule has 1 unspecified atom stereocenters. The number of aliphatic hydroxyl groups is 1. The number of nitro groups is 1. The number of Topliss-reactive ketones (excluding diaryl/α,β-unsaturated/α-hetero) is 1. The second-order valence-corrected chi connectivity index (χ2v) is 9.42. The first kappa shape index (κ1) is 21.0. The van der Waals surface area contributed by atoms with E-state index >= 15 is 0 Å². The molecule has 2 aromatic carbocycles. The van der Waals surface area contributed by atoms with Crippen LogP contribution in [-0.2, 0) is 4.79 Å². The smallest absolute Gasteiger partial charge is 0.296 e. The summed E-state index contributed by atoms with van der Waals surface area (Å²) in [5.74, 6) is -1.86. The number of thiazole rings is 1. The SMILES string of the molecule is Cc1ccc2nc(N3C(=O)C(O)=C(C(=O)c4cccs4)C3c3ccc([N+](=O)[O-])cc3)sc2c1. The van der Waals surface area contributed by atoms with E-state index in [1.165, 1.54) is 51.8 Å². The maximum atomic E-state index is 13.3. The van der Waals surface area contributed by atoms with Gasteiger partial charge in [-0.3, -0.25) is 24.6 Å². The number of anilines is 1. The zero-order valence-electron chi connectivity index (χ0n) is 17.1. The number of thiophene rings is 1. The van der Waals surface area contributed by atoms with Gasteiger partial charge in [-0.15, -0.1) is 11.3 Å². The Hall–Kier alpha value is -3.89. The molecule has 0 radical (unpaired) electrons. The van der Waals surface area contributed by atoms with E-state index in [1.807, 2.05) is 25.1 Å². The zero-order chi connectivity index (χ0) is 23.3. The number of aliphatic hydroxyl groups excluding tert-OH is 1. The Bertz CT molecular complexity index is 1460. The summed E-state index contributed by atoms with van der Waals surface area (Å²) in [5, 5.41) is 24.0.